The van der Waals surface area contributed by atoms with E-state index >= 15 is 0 Å². The molecule has 32 heavy (non-hydrogen) atoms. The highest BCUT2D eigenvalue weighted by molar-refractivity contribution is 6.07. The van der Waals surface area contributed by atoms with Gasteiger partial charge in [-0.25, -0.2) is 4.98 Å². The Morgan fingerprint density at radius 1 is 1.19 bits per heavy atom. The molecule has 2 aliphatic heterocycles. The topological polar surface area (TPSA) is 62.5 Å². The first kappa shape index (κ1) is 20.9. The second kappa shape index (κ2) is 7.58. The molecular formula is C23H23F3N4O2. The van der Waals surface area contributed by atoms with Crippen molar-refractivity contribution in [3.8, 4) is 11.3 Å². The molecule has 168 valence electrons. The number of likely N-dealkylation sites (tertiary alicyclic amines) is 2. The van der Waals surface area contributed by atoms with Gasteiger partial charge in [0, 0.05) is 24.7 Å². The van der Waals surface area contributed by atoms with Gasteiger partial charge < -0.3 is 14.3 Å². The summed E-state index contributed by atoms with van der Waals surface area (Å²) in [6, 6.07) is 6.98. The number of rotatable bonds is 2. The molecule has 2 aromatic heterocycles. The molecule has 2 unspecified atom stereocenters. The summed E-state index contributed by atoms with van der Waals surface area (Å²) in [4.78, 5) is 22.1. The highest BCUT2D eigenvalue weighted by atomic mass is 19.4. The van der Waals surface area contributed by atoms with Gasteiger partial charge in [-0.05, 0) is 57.5 Å². The fourth-order valence-electron chi connectivity index (χ4n) is 5.04. The van der Waals surface area contributed by atoms with Crippen molar-refractivity contribution in [1.82, 2.24) is 19.9 Å². The first-order chi connectivity index (χ1) is 15.2. The summed E-state index contributed by atoms with van der Waals surface area (Å²) in [7, 11) is 2.12. The van der Waals surface area contributed by atoms with E-state index in [0.717, 1.165) is 31.5 Å². The van der Waals surface area contributed by atoms with E-state index in [0.29, 0.717) is 41.7 Å². The number of nitrogens with zero attached hydrogens (tertiary/aromatic N) is 4. The number of aryl methyl sites for hydroxylation is 1. The molecule has 3 aromatic rings. The SMILES string of the molecule is Cc1noc2nc(-c3cccc(C(F)(F)F)c3)cc(C(=O)N3CCC4C(CCN4C)C3)c12. The standard InChI is InChI=1S/C23H23F3N4O2/c1-13-20-17(22(31)30-9-7-19-15(12-30)6-8-29(19)2)11-18(27-21(20)32-28-13)14-4-3-5-16(10-14)23(24,25)26/h3-5,10-11,15,19H,6-9,12H2,1-2H3. The summed E-state index contributed by atoms with van der Waals surface area (Å²) < 4.78 is 44.9. The van der Waals surface area contributed by atoms with Crippen LogP contribution < -0.4 is 0 Å². The number of carbonyl (C=O) groups excluding carboxylic acids is 1. The fourth-order valence-corrected chi connectivity index (χ4v) is 5.04. The summed E-state index contributed by atoms with van der Waals surface area (Å²) >= 11 is 0. The Labute approximate surface area is 183 Å². The van der Waals surface area contributed by atoms with E-state index < -0.39 is 11.7 Å². The van der Waals surface area contributed by atoms with E-state index in [-0.39, 0.29) is 22.9 Å². The summed E-state index contributed by atoms with van der Waals surface area (Å²) in [5.74, 6) is 0.270. The average molecular weight is 444 g/mol. The van der Waals surface area contributed by atoms with Crippen LogP contribution in [0.3, 0.4) is 0 Å². The van der Waals surface area contributed by atoms with Crippen LogP contribution >= 0.6 is 0 Å². The largest absolute Gasteiger partial charge is 0.416 e. The third-order valence-electron chi connectivity index (χ3n) is 6.73. The zero-order valence-electron chi connectivity index (χ0n) is 17.8. The zero-order chi connectivity index (χ0) is 22.6. The zero-order valence-corrected chi connectivity index (χ0v) is 17.8. The Morgan fingerprint density at radius 2 is 2.00 bits per heavy atom. The first-order valence-corrected chi connectivity index (χ1v) is 10.7. The first-order valence-electron chi connectivity index (χ1n) is 10.7. The van der Waals surface area contributed by atoms with Crippen molar-refractivity contribution in [3.05, 3.63) is 47.2 Å². The number of amides is 1. The number of fused-ring (bicyclic) bond motifs is 2. The van der Waals surface area contributed by atoms with Crippen LogP contribution in [0.5, 0.6) is 0 Å². The van der Waals surface area contributed by atoms with Crippen molar-refractivity contribution in [2.45, 2.75) is 32.0 Å². The van der Waals surface area contributed by atoms with Crippen LogP contribution in [0.2, 0.25) is 0 Å². The lowest BCUT2D eigenvalue weighted by atomic mass is 9.92. The molecule has 0 saturated carbocycles. The number of alkyl halides is 3. The lowest BCUT2D eigenvalue weighted by Gasteiger charge is -2.37. The van der Waals surface area contributed by atoms with Crippen LogP contribution in [-0.2, 0) is 6.18 Å². The van der Waals surface area contributed by atoms with Gasteiger partial charge in [-0.1, -0.05) is 17.3 Å². The number of carbonyl (C=O) groups is 1. The van der Waals surface area contributed by atoms with Crippen LogP contribution in [-0.4, -0.2) is 58.6 Å². The van der Waals surface area contributed by atoms with Gasteiger partial charge >= 0.3 is 6.18 Å². The molecular weight excluding hydrogens is 421 g/mol. The Hall–Kier alpha value is -2.94. The highest BCUT2D eigenvalue weighted by Gasteiger charge is 2.38. The Bertz CT molecular complexity index is 1190. The summed E-state index contributed by atoms with van der Waals surface area (Å²) in [5, 5.41) is 4.45. The van der Waals surface area contributed by atoms with E-state index in [9.17, 15) is 18.0 Å². The molecule has 2 atom stereocenters. The second-order valence-corrected chi connectivity index (χ2v) is 8.72. The number of pyridine rings is 1. The van der Waals surface area contributed by atoms with Gasteiger partial charge in [-0.2, -0.15) is 13.2 Å². The fraction of sp³-hybridized carbons (Fsp3) is 0.435. The van der Waals surface area contributed by atoms with Gasteiger partial charge in [-0.15, -0.1) is 0 Å². The van der Waals surface area contributed by atoms with Crippen LogP contribution in [0.4, 0.5) is 13.2 Å². The molecule has 9 heteroatoms. The smallest absolute Gasteiger partial charge is 0.338 e. The third-order valence-corrected chi connectivity index (χ3v) is 6.73. The van der Waals surface area contributed by atoms with Crippen molar-refractivity contribution in [2.24, 2.45) is 5.92 Å². The van der Waals surface area contributed by atoms with Gasteiger partial charge in [0.25, 0.3) is 11.6 Å². The molecule has 0 aliphatic carbocycles. The van der Waals surface area contributed by atoms with Crippen LogP contribution in [0.15, 0.2) is 34.9 Å². The van der Waals surface area contributed by atoms with Crippen molar-refractivity contribution < 1.29 is 22.5 Å². The van der Waals surface area contributed by atoms with Crippen molar-refractivity contribution in [2.75, 3.05) is 26.7 Å². The van der Waals surface area contributed by atoms with Crippen molar-refractivity contribution >= 4 is 17.0 Å². The minimum Gasteiger partial charge on any atom is -0.338 e. The average Bonchev–Trinajstić information content (AvgIpc) is 3.34. The highest BCUT2D eigenvalue weighted by Crippen LogP contribution is 2.35. The Balaban J connectivity index is 1.55. The predicted molar refractivity (Wildman–Crippen MR) is 112 cm³/mol. The molecule has 6 nitrogen and oxygen atoms in total. The number of piperidine rings is 1. The maximum Gasteiger partial charge on any atom is 0.416 e. The molecule has 4 heterocycles. The molecule has 0 radical (unpaired) electrons. The Morgan fingerprint density at radius 3 is 2.78 bits per heavy atom. The molecule has 2 aliphatic rings. The van der Waals surface area contributed by atoms with Crippen molar-refractivity contribution in [3.63, 3.8) is 0 Å². The summed E-state index contributed by atoms with van der Waals surface area (Å²) in [6.07, 6.45) is -2.51. The molecule has 0 spiro atoms. The summed E-state index contributed by atoms with van der Waals surface area (Å²) in [6.45, 7) is 4.06. The minimum absolute atomic E-state index is 0.149. The number of halogens is 3. The van der Waals surface area contributed by atoms with Gasteiger partial charge in [0.1, 0.15) is 0 Å². The monoisotopic (exact) mass is 444 g/mol. The van der Waals surface area contributed by atoms with Crippen molar-refractivity contribution in [1.29, 1.82) is 0 Å². The van der Waals surface area contributed by atoms with Gasteiger partial charge in [0.05, 0.1) is 27.9 Å². The quantitative estimate of drug-likeness (QED) is 0.587. The molecule has 0 N–H and O–H groups in total. The molecule has 1 amide bonds. The van der Waals surface area contributed by atoms with E-state index in [1.165, 1.54) is 6.07 Å². The Kier molecular flexibility index (Phi) is 4.96. The normalized spacial score (nSPS) is 21.8. The van der Waals surface area contributed by atoms with E-state index in [1.807, 2.05) is 4.90 Å². The summed E-state index contributed by atoms with van der Waals surface area (Å²) in [5.41, 5.74) is 0.787. The second-order valence-electron chi connectivity index (χ2n) is 8.72. The van der Waals surface area contributed by atoms with E-state index in [4.69, 9.17) is 4.52 Å². The molecule has 1 aromatic carbocycles. The maximum absolute atomic E-state index is 13.6. The van der Waals surface area contributed by atoms with Gasteiger partial charge in [-0.3, -0.25) is 4.79 Å². The lowest BCUT2D eigenvalue weighted by Crippen LogP contribution is -2.47. The van der Waals surface area contributed by atoms with E-state index in [2.05, 4.69) is 22.1 Å². The number of hydrogen-bond donors (Lipinski definition) is 0. The molecule has 5 rings (SSSR count). The van der Waals surface area contributed by atoms with Crippen LogP contribution in [0.1, 0.15) is 34.5 Å². The predicted octanol–water partition coefficient (Wildman–Crippen LogP) is 4.38. The number of aromatic nitrogens is 2. The van der Waals surface area contributed by atoms with Gasteiger partial charge in [0.2, 0.25) is 0 Å². The van der Waals surface area contributed by atoms with Crippen LogP contribution in [0.25, 0.3) is 22.4 Å². The lowest BCUT2D eigenvalue weighted by molar-refractivity contribution is -0.137. The minimum atomic E-state index is -4.47. The third kappa shape index (κ3) is 3.54. The number of benzene rings is 1. The van der Waals surface area contributed by atoms with Gasteiger partial charge in [0.15, 0.2) is 0 Å². The maximum atomic E-state index is 13.6. The molecule has 2 saturated heterocycles. The molecule has 0 bridgehead atoms. The van der Waals surface area contributed by atoms with Crippen LogP contribution in [0, 0.1) is 12.8 Å². The number of hydrogen-bond acceptors (Lipinski definition) is 5. The van der Waals surface area contributed by atoms with E-state index in [1.54, 1.807) is 19.1 Å². The molecule has 2 fully saturated rings.